The second-order valence-corrected chi connectivity index (χ2v) is 7.78. The summed E-state index contributed by atoms with van der Waals surface area (Å²) in [6.45, 7) is 0. The Kier molecular flexibility index (Phi) is 4.44. The van der Waals surface area contributed by atoms with Gasteiger partial charge in [0.25, 0.3) is 0 Å². The van der Waals surface area contributed by atoms with Crippen LogP contribution < -0.4 is 0 Å². The molecule has 0 bridgehead atoms. The molecule has 5 heteroatoms. The summed E-state index contributed by atoms with van der Waals surface area (Å²) in [5.41, 5.74) is 2.16. The second-order valence-electron chi connectivity index (χ2n) is 4.34. The van der Waals surface area contributed by atoms with Crippen molar-refractivity contribution in [3.05, 3.63) is 66.9 Å². The zero-order valence-electron chi connectivity index (χ0n) is 10.0. The van der Waals surface area contributed by atoms with Gasteiger partial charge in [-0.15, -0.1) is 22.9 Å². The molecule has 0 fully saturated rings. The predicted molar refractivity (Wildman–Crippen MR) is 96.4 cm³/mol. The molecule has 0 saturated carbocycles. The highest BCUT2D eigenvalue weighted by molar-refractivity contribution is 9.11. The predicted octanol–water partition coefficient (Wildman–Crippen LogP) is 7.41. The van der Waals surface area contributed by atoms with E-state index in [1.165, 1.54) is 10.1 Å². The van der Waals surface area contributed by atoms with E-state index in [2.05, 4.69) is 43.3 Å². The van der Waals surface area contributed by atoms with Gasteiger partial charge in [-0.25, -0.2) is 0 Å². The Morgan fingerprint density at radius 1 is 1.05 bits per heavy atom. The van der Waals surface area contributed by atoms with Gasteiger partial charge in [-0.05, 0) is 72.0 Å². The van der Waals surface area contributed by atoms with Gasteiger partial charge in [0.05, 0.1) is 10.4 Å². The van der Waals surface area contributed by atoms with Crippen LogP contribution in [0.3, 0.4) is 0 Å². The van der Waals surface area contributed by atoms with Crippen LogP contribution in [0.5, 0.6) is 0 Å². The third-order valence-corrected chi connectivity index (χ3v) is 6.76. The van der Waals surface area contributed by atoms with Gasteiger partial charge < -0.3 is 0 Å². The molecule has 0 aliphatic carbocycles. The summed E-state index contributed by atoms with van der Waals surface area (Å²) in [6.07, 6.45) is 0. The lowest BCUT2D eigenvalue weighted by Gasteiger charge is -2.10. The highest BCUT2D eigenvalue weighted by atomic mass is 79.9. The van der Waals surface area contributed by atoms with Gasteiger partial charge in [0.1, 0.15) is 0 Å². The van der Waals surface area contributed by atoms with Crippen molar-refractivity contribution in [2.45, 2.75) is 5.38 Å². The molecule has 0 nitrogen and oxygen atoms in total. The number of alkyl halides is 1. The molecule has 0 spiro atoms. The topological polar surface area (TPSA) is 0 Å². The molecule has 1 heterocycles. The van der Waals surface area contributed by atoms with Gasteiger partial charge in [0.2, 0.25) is 0 Å². The number of fused-ring (bicyclic) bond motifs is 1. The van der Waals surface area contributed by atoms with E-state index in [0.717, 1.165) is 20.1 Å². The largest absolute Gasteiger partial charge is 0.142 e. The maximum absolute atomic E-state index is 6.66. The van der Waals surface area contributed by atoms with E-state index < -0.39 is 0 Å². The van der Waals surface area contributed by atoms with Crippen molar-refractivity contribution in [3.63, 3.8) is 0 Å². The average molecular weight is 451 g/mol. The van der Waals surface area contributed by atoms with Crippen molar-refractivity contribution in [1.82, 2.24) is 0 Å². The molecule has 0 amide bonds. The molecule has 0 N–H and O–H groups in total. The summed E-state index contributed by atoms with van der Waals surface area (Å²) in [5.74, 6) is 0. The van der Waals surface area contributed by atoms with E-state index in [0.29, 0.717) is 5.02 Å². The van der Waals surface area contributed by atoms with Gasteiger partial charge in [0, 0.05) is 13.6 Å². The lowest BCUT2D eigenvalue weighted by Crippen LogP contribution is -1.92. The highest BCUT2D eigenvalue weighted by Gasteiger charge is 2.17. The normalized spacial score (nSPS) is 12.8. The Balaban J connectivity index is 2.10. The average Bonchev–Trinajstić information content (AvgIpc) is 2.86. The molecule has 0 aliphatic heterocycles. The van der Waals surface area contributed by atoms with Gasteiger partial charge in [0.15, 0.2) is 0 Å². The minimum absolute atomic E-state index is 0.188. The van der Waals surface area contributed by atoms with Crippen LogP contribution in [0.25, 0.3) is 10.1 Å². The zero-order chi connectivity index (χ0) is 14.3. The summed E-state index contributed by atoms with van der Waals surface area (Å²) >= 11 is 21.4. The second kappa shape index (κ2) is 5.98. The maximum atomic E-state index is 6.66. The van der Waals surface area contributed by atoms with Crippen molar-refractivity contribution < 1.29 is 0 Å². The molecule has 0 saturated heterocycles. The minimum atomic E-state index is -0.188. The van der Waals surface area contributed by atoms with E-state index in [1.807, 2.05) is 30.3 Å². The van der Waals surface area contributed by atoms with Crippen LogP contribution in [-0.4, -0.2) is 0 Å². The maximum Gasteiger partial charge on any atom is 0.0849 e. The lowest BCUT2D eigenvalue weighted by atomic mass is 10.0. The summed E-state index contributed by atoms with van der Waals surface area (Å²) < 4.78 is 3.19. The number of thiophene rings is 1. The number of halogens is 4. The van der Waals surface area contributed by atoms with Gasteiger partial charge >= 0.3 is 0 Å². The molecule has 20 heavy (non-hydrogen) atoms. The van der Waals surface area contributed by atoms with E-state index in [4.69, 9.17) is 23.2 Å². The molecule has 1 unspecified atom stereocenters. The van der Waals surface area contributed by atoms with Crippen LogP contribution in [0, 0.1) is 0 Å². The first-order valence-electron chi connectivity index (χ1n) is 5.82. The van der Waals surface area contributed by atoms with E-state index >= 15 is 0 Å². The van der Waals surface area contributed by atoms with Crippen molar-refractivity contribution in [3.8, 4) is 0 Å². The van der Waals surface area contributed by atoms with Crippen LogP contribution >= 0.6 is 66.4 Å². The Morgan fingerprint density at radius 2 is 1.85 bits per heavy atom. The quantitative estimate of drug-likeness (QED) is 0.356. The molecular formula is C15H8Br2Cl2S. The third kappa shape index (κ3) is 2.67. The van der Waals surface area contributed by atoms with Crippen LogP contribution in [0.15, 0.2) is 50.7 Å². The Labute approximate surface area is 148 Å². The van der Waals surface area contributed by atoms with Gasteiger partial charge in [-0.2, -0.15) is 0 Å². The number of hydrogen-bond donors (Lipinski definition) is 0. The van der Waals surface area contributed by atoms with E-state index in [1.54, 1.807) is 11.3 Å². The molecule has 0 radical (unpaired) electrons. The molecule has 102 valence electrons. The van der Waals surface area contributed by atoms with Crippen molar-refractivity contribution >= 4 is 76.5 Å². The first-order valence-corrected chi connectivity index (χ1v) is 9.10. The molecule has 2 aromatic carbocycles. The number of hydrogen-bond acceptors (Lipinski definition) is 1. The fourth-order valence-electron chi connectivity index (χ4n) is 2.09. The van der Waals surface area contributed by atoms with Gasteiger partial charge in [-0.3, -0.25) is 0 Å². The summed E-state index contributed by atoms with van der Waals surface area (Å²) in [7, 11) is 0. The fraction of sp³-hybridized carbons (Fsp3) is 0.0667. The zero-order valence-corrected chi connectivity index (χ0v) is 15.5. The van der Waals surface area contributed by atoms with Crippen LogP contribution in [-0.2, 0) is 0 Å². The molecule has 1 aromatic heterocycles. The van der Waals surface area contributed by atoms with Crippen LogP contribution in [0.4, 0.5) is 0 Å². The van der Waals surface area contributed by atoms with Crippen LogP contribution in [0.1, 0.15) is 16.5 Å². The van der Waals surface area contributed by atoms with Crippen molar-refractivity contribution in [2.75, 3.05) is 0 Å². The molecular weight excluding hydrogens is 443 g/mol. The van der Waals surface area contributed by atoms with Crippen molar-refractivity contribution in [2.24, 2.45) is 0 Å². The summed E-state index contributed by atoms with van der Waals surface area (Å²) in [5, 5.41) is 3.81. The summed E-state index contributed by atoms with van der Waals surface area (Å²) in [4.78, 5) is 0. The molecule has 0 aliphatic rings. The third-order valence-electron chi connectivity index (χ3n) is 3.09. The lowest BCUT2D eigenvalue weighted by molar-refractivity contribution is 1.17. The number of benzene rings is 2. The fourth-order valence-corrected chi connectivity index (χ4v) is 4.64. The molecule has 3 aromatic rings. The monoisotopic (exact) mass is 448 g/mol. The standard InChI is InChI=1S/C15H8Br2Cl2S/c16-11-3-1-2-9-10(7-20-15(9)11)14(19)8-4-5-13(18)12(17)6-8/h1-7,14H. The van der Waals surface area contributed by atoms with E-state index in [9.17, 15) is 0 Å². The molecule has 1 atom stereocenters. The smallest absolute Gasteiger partial charge is 0.0849 e. The number of rotatable bonds is 2. The first-order chi connectivity index (χ1) is 9.58. The minimum Gasteiger partial charge on any atom is -0.142 e. The SMILES string of the molecule is Clc1ccc(C(Cl)c2csc3c(Br)cccc23)cc1Br. The first kappa shape index (κ1) is 14.9. The van der Waals surface area contributed by atoms with E-state index in [-0.39, 0.29) is 5.38 Å². The highest BCUT2D eigenvalue weighted by Crippen LogP contribution is 2.41. The van der Waals surface area contributed by atoms with Crippen molar-refractivity contribution in [1.29, 1.82) is 0 Å². The Morgan fingerprint density at radius 3 is 2.60 bits per heavy atom. The van der Waals surface area contributed by atoms with Gasteiger partial charge in [-0.1, -0.05) is 29.8 Å². The Bertz CT molecular complexity index is 783. The van der Waals surface area contributed by atoms with Crippen LogP contribution in [0.2, 0.25) is 5.02 Å². The summed E-state index contributed by atoms with van der Waals surface area (Å²) in [6, 6.07) is 12.0. The Hall–Kier alpha value is -0.0600. The molecule has 3 rings (SSSR count).